The third-order valence-electron chi connectivity index (χ3n) is 4.67. The van der Waals surface area contributed by atoms with Crippen LogP contribution in [0, 0.1) is 11.3 Å². The molecule has 0 bridgehead atoms. The molecule has 34 heavy (non-hydrogen) atoms. The molecule has 0 radical (unpaired) electrons. The molecule has 3 aromatic carbocycles. The summed E-state index contributed by atoms with van der Waals surface area (Å²) >= 11 is 3.41. The molecule has 0 aliphatic carbocycles. The van der Waals surface area contributed by atoms with Crippen molar-refractivity contribution in [1.82, 2.24) is 0 Å². The number of nitrogens with zero attached hydrogens (tertiary/aromatic N) is 1. The van der Waals surface area contributed by atoms with Crippen LogP contribution >= 0.6 is 15.9 Å². The van der Waals surface area contributed by atoms with E-state index in [0.717, 1.165) is 10.0 Å². The molecule has 0 aromatic heterocycles. The summed E-state index contributed by atoms with van der Waals surface area (Å²) < 4.78 is 17.7. The van der Waals surface area contributed by atoms with Crippen LogP contribution in [0.1, 0.15) is 11.1 Å². The number of nitriles is 1. The van der Waals surface area contributed by atoms with E-state index >= 15 is 0 Å². The molecular formula is C27H23BrN2O4. The number of anilines is 1. The molecule has 0 saturated carbocycles. The second-order valence-corrected chi connectivity index (χ2v) is 7.98. The molecule has 0 spiro atoms. The molecule has 0 heterocycles. The number of hydrogen-bond donors (Lipinski definition) is 1. The number of carbonyl (C=O) groups is 1. The maximum Gasteiger partial charge on any atom is 0.266 e. The number of halogens is 1. The summed E-state index contributed by atoms with van der Waals surface area (Å²) in [6.45, 7) is 4.34. The topological polar surface area (TPSA) is 80.6 Å². The van der Waals surface area contributed by atoms with E-state index in [4.69, 9.17) is 14.2 Å². The van der Waals surface area contributed by atoms with Crippen LogP contribution in [0.15, 0.2) is 89.4 Å². The quantitative estimate of drug-likeness (QED) is 0.198. The Labute approximate surface area is 207 Å². The molecule has 1 N–H and O–H groups in total. The molecule has 3 rings (SSSR count). The van der Waals surface area contributed by atoms with Gasteiger partial charge in [0.05, 0.1) is 7.11 Å². The van der Waals surface area contributed by atoms with Crippen LogP contribution in [0.25, 0.3) is 6.08 Å². The van der Waals surface area contributed by atoms with Crippen molar-refractivity contribution in [1.29, 1.82) is 5.26 Å². The van der Waals surface area contributed by atoms with E-state index in [1.54, 1.807) is 55.7 Å². The van der Waals surface area contributed by atoms with Crippen LogP contribution in [0.3, 0.4) is 0 Å². The van der Waals surface area contributed by atoms with Gasteiger partial charge in [0.15, 0.2) is 0 Å². The van der Waals surface area contributed by atoms with Gasteiger partial charge in [0.2, 0.25) is 0 Å². The van der Waals surface area contributed by atoms with Crippen LogP contribution in [-0.2, 0) is 11.4 Å². The van der Waals surface area contributed by atoms with Gasteiger partial charge in [0, 0.05) is 21.8 Å². The lowest BCUT2D eigenvalue weighted by molar-refractivity contribution is -0.112. The average molecular weight is 519 g/mol. The van der Waals surface area contributed by atoms with Crippen LogP contribution in [0.4, 0.5) is 5.69 Å². The highest BCUT2D eigenvalue weighted by atomic mass is 79.9. The van der Waals surface area contributed by atoms with Crippen molar-refractivity contribution in [2.75, 3.05) is 19.0 Å². The maximum atomic E-state index is 12.7. The lowest BCUT2D eigenvalue weighted by Gasteiger charge is -2.11. The summed E-state index contributed by atoms with van der Waals surface area (Å²) in [6.07, 6.45) is 3.08. The van der Waals surface area contributed by atoms with Crippen molar-refractivity contribution >= 4 is 33.6 Å². The zero-order chi connectivity index (χ0) is 24.3. The van der Waals surface area contributed by atoms with Gasteiger partial charge in [-0.1, -0.05) is 40.7 Å². The highest BCUT2D eigenvalue weighted by Crippen LogP contribution is 2.27. The summed E-state index contributed by atoms with van der Waals surface area (Å²) in [4.78, 5) is 12.7. The Balaban J connectivity index is 1.67. The minimum Gasteiger partial charge on any atom is -0.497 e. The number of methoxy groups -OCH3 is 1. The first-order valence-corrected chi connectivity index (χ1v) is 11.1. The first-order chi connectivity index (χ1) is 16.5. The molecule has 0 unspecified atom stereocenters. The predicted octanol–water partition coefficient (Wildman–Crippen LogP) is 6.15. The van der Waals surface area contributed by atoms with Crippen molar-refractivity contribution < 1.29 is 19.0 Å². The minimum absolute atomic E-state index is 0.0656. The SMILES string of the molecule is C=CCOc1cc(OC)ccc1/C=C(\C#N)C(=O)Nc1ccc(OCc2ccc(Br)cc2)cc1. The van der Waals surface area contributed by atoms with E-state index in [1.807, 2.05) is 30.3 Å². The third kappa shape index (κ3) is 6.99. The number of ether oxygens (including phenoxy) is 3. The van der Waals surface area contributed by atoms with Crippen molar-refractivity contribution in [3.05, 3.63) is 101 Å². The van der Waals surface area contributed by atoms with Crippen LogP contribution in [0.2, 0.25) is 0 Å². The largest absolute Gasteiger partial charge is 0.497 e. The molecule has 1 amide bonds. The zero-order valence-corrected chi connectivity index (χ0v) is 20.2. The van der Waals surface area contributed by atoms with E-state index in [9.17, 15) is 10.1 Å². The third-order valence-corrected chi connectivity index (χ3v) is 5.20. The summed E-state index contributed by atoms with van der Waals surface area (Å²) in [5.74, 6) is 1.21. The second kappa shape index (κ2) is 12.3. The smallest absolute Gasteiger partial charge is 0.266 e. The van der Waals surface area contributed by atoms with Gasteiger partial charge in [0.1, 0.15) is 42.1 Å². The van der Waals surface area contributed by atoms with Gasteiger partial charge in [-0.3, -0.25) is 4.79 Å². The Kier molecular flexibility index (Phi) is 8.89. The first-order valence-electron chi connectivity index (χ1n) is 10.3. The van der Waals surface area contributed by atoms with Gasteiger partial charge in [-0.25, -0.2) is 0 Å². The van der Waals surface area contributed by atoms with Crippen LogP contribution in [-0.4, -0.2) is 19.6 Å². The molecule has 7 heteroatoms. The van der Waals surface area contributed by atoms with Crippen LogP contribution < -0.4 is 19.5 Å². The Hall–Kier alpha value is -4.02. The molecule has 172 valence electrons. The highest BCUT2D eigenvalue weighted by molar-refractivity contribution is 9.10. The number of nitrogens with one attached hydrogen (secondary N) is 1. The van der Waals surface area contributed by atoms with E-state index in [2.05, 4.69) is 27.8 Å². The fourth-order valence-electron chi connectivity index (χ4n) is 2.92. The molecule has 3 aromatic rings. The van der Waals surface area contributed by atoms with E-state index in [0.29, 0.717) is 35.1 Å². The first kappa shape index (κ1) is 24.6. The zero-order valence-electron chi connectivity index (χ0n) is 18.6. The normalized spacial score (nSPS) is 10.7. The minimum atomic E-state index is -0.531. The predicted molar refractivity (Wildman–Crippen MR) is 136 cm³/mol. The Morgan fingerprint density at radius 3 is 2.41 bits per heavy atom. The Morgan fingerprint density at radius 1 is 1.06 bits per heavy atom. The lowest BCUT2D eigenvalue weighted by Crippen LogP contribution is -2.13. The fourth-order valence-corrected chi connectivity index (χ4v) is 3.18. The van der Waals surface area contributed by atoms with Crippen LogP contribution in [0.5, 0.6) is 17.2 Å². The van der Waals surface area contributed by atoms with Gasteiger partial charge in [-0.05, 0) is 60.2 Å². The molecular weight excluding hydrogens is 496 g/mol. The molecule has 0 saturated heterocycles. The summed E-state index contributed by atoms with van der Waals surface area (Å²) in [6, 6.07) is 21.9. The van der Waals surface area contributed by atoms with Gasteiger partial charge < -0.3 is 19.5 Å². The number of rotatable bonds is 10. The molecule has 0 atom stereocenters. The monoisotopic (exact) mass is 518 g/mol. The van der Waals surface area contributed by atoms with E-state index in [-0.39, 0.29) is 12.2 Å². The average Bonchev–Trinajstić information content (AvgIpc) is 2.86. The molecule has 0 fully saturated rings. The second-order valence-electron chi connectivity index (χ2n) is 7.07. The Bertz CT molecular complexity index is 1210. The van der Waals surface area contributed by atoms with Gasteiger partial charge in [0.25, 0.3) is 5.91 Å². The number of hydrogen-bond acceptors (Lipinski definition) is 5. The standard InChI is InChI=1S/C27H23BrN2O4/c1-3-14-33-26-16-25(32-2)11-6-20(26)15-21(17-29)27(31)30-23-9-12-24(13-10-23)34-18-19-4-7-22(28)8-5-19/h3-13,15-16H,1,14,18H2,2H3,(H,30,31)/b21-15+. The van der Waals surface area contributed by atoms with Crippen molar-refractivity contribution in [3.8, 4) is 23.3 Å². The van der Waals surface area contributed by atoms with Gasteiger partial charge in [-0.15, -0.1) is 0 Å². The lowest BCUT2D eigenvalue weighted by atomic mass is 10.1. The van der Waals surface area contributed by atoms with E-state index in [1.165, 1.54) is 6.08 Å². The van der Waals surface area contributed by atoms with Gasteiger partial charge >= 0.3 is 0 Å². The molecule has 0 aliphatic rings. The van der Waals surface area contributed by atoms with E-state index < -0.39 is 5.91 Å². The van der Waals surface area contributed by atoms with Crippen molar-refractivity contribution in [2.24, 2.45) is 0 Å². The summed E-state index contributed by atoms with van der Waals surface area (Å²) in [5.41, 5.74) is 2.09. The summed E-state index contributed by atoms with van der Waals surface area (Å²) in [7, 11) is 1.55. The number of carbonyl (C=O) groups excluding carboxylic acids is 1. The maximum absolute atomic E-state index is 12.7. The van der Waals surface area contributed by atoms with Gasteiger partial charge in [-0.2, -0.15) is 5.26 Å². The molecule has 0 aliphatic heterocycles. The Morgan fingerprint density at radius 2 is 1.76 bits per heavy atom. The highest BCUT2D eigenvalue weighted by Gasteiger charge is 2.12. The molecule has 6 nitrogen and oxygen atoms in total. The van der Waals surface area contributed by atoms with Crippen molar-refractivity contribution in [3.63, 3.8) is 0 Å². The van der Waals surface area contributed by atoms with Crippen molar-refractivity contribution in [2.45, 2.75) is 6.61 Å². The summed E-state index contributed by atoms with van der Waals surface area (Å²) in [5, 5.41) is 12.3. The number of benzene rings is 3. The number of amides is 1. The fraction of sp³-hybridized carbons (Fsp3) is 0.111.